The third-order valence-electron chi connectivity index (χ3n) is 2.08. The standard InChI is InChI=1S/C9H19NO/c1-9(2,3)6-7-4-5-8(11)10-7/h7-8,10-11H,4-6H2,1-3H3. The van der Waals surface area contributed by atoms with Crippen LogP contribution in [0, 0.1) is 5.41 Å². The average Bonchev–Trinajstić information content (AvgIpc) is 2.10. The van der Waals surface area contributed by atoms with Gasteiger partial charge in [0.1, 0.15) is 6.23 Å². The van der Waals surface area contributed by atoms with Crippen molar-refractivity contribution >= 4 is 0 Å². The molecule has 2 atom stereocenters. The first kappa shape index (κ1) is 9.01. The van der Waals surface area contributed by atoms with Crippen molar-refractivity contribution in [3.63, 3.8) is 0 Å². The van der Waals surface area contributed by atoms with Gasteiger partial charge < -0.3 is 5.11 Å². The van der Waals surface area contributed by atoms with Crippen LogP contribution in [0.4, 0.5) is 0 Å². The Balaban J connectivity index is 2.29. The topological polar surface area (TPSA) is 32.3 Å². The van der Waals surface area contributed by atoms with Crippen molar-refractivity contribution in [2.75, 3.05) is 0 Å². The number of hydrogen-bond acceptors (Lipinski definition) is 2. The van der Waals surface area contributed by atoms with Gasteiger partial charge in [-0.2, -0.15) is 0 Å². The molecule has 66 valence electrons. The summed E-state index contributed by atoms with van der Waals surface area (Å²) in [4.78, 5) is 0. The van der Waals surface area contributed by atoms with Crippen LogP contribution in [0.5, 0.6) is 0 Å². The van der Waals surface area contributed by atoms with Gasteiger partial charge in [0.15, 0.2) is 0 Å². The number of hydrogen-bond donors (Lipinski definition) is 2. The molecule has 1 heterocycles. The van der Waals surface area contributed by atoms with Gasteiger partial charge in [-0.1, -0.05) is 20.8 Å². The SMILES string of the molecule is CC(C)(C)CC1CCC(O)N1. The van der Waals surface area contributed by atoms with Crippen LogP contribution in [0.1, 0.15) is 40.0 Å². The quantitative estimate of drug-likeness (QED) is 0.604. The van der Waals surface area contributed by atoms with Gasteiger partial charge in [0.05, 0.1) is 0 Å². The Kier molecular flexibility index (Phi) is 2.55. The minimum atomic E-state index is -0.248. The molecule has 1 aliphatic heterocycles. The number of aliphatic hydroxyl groups is 1. The number of aliphatic hydroxyl groups excluding tert-OH is 1. The summed E-state index contributed by atoms with van der Waals surface area (Å²) in [6.45, 7) is 6.71. The second kappa shape index (κ2) is 3.11. The Bertz CT molecular complexity index is 128. The van der Waals surface area contributed by atoms with Crippen molar-refractivity contribution in [2.24, 2.45) is 5.41 Å². The first-order valence-corrected chi connectivity index (χ1v) is 4.41. The van der Waals surface area contributed by atoms with Gasteiger partial charge in [-0.15, -0.1) is 0 Å². The van der Waals surface area contributed by atoms with E-state index in [1.54, 1.807) is 0 Å². The van der Waals surface area contributed by atoms with Crippen LogP contribution in [-0.2, 0) is 0 Å². The summed E-state index contributed by atoms with van der Waals surface area (Å²) in [5.74, 6) is 0. The highest BCUT2D eigenvalue weighted by Gasteiger charge is 2.25. The fourth-order valence-electron chi connectivity index (χ4n) is 1.70. The molecule has 2 unspecified atom stereocenters. The lowest BCUT2D eigenvalue weighted by atomic mass is 9.88. The van der Waals surface area contributed by atoms with Gasteiger partial charge >= 0.3 is 0 Å². The first-order valence-electron chi connectivity index (χ1n) is 4.41. The van der Waals surface area contributed by atoms with E-state index in [4.69, 9.17) is 0 Å². The fraction of sp³-hybridized carbons (Fsp3) is 1.00. The maximum Gasteiger partial charge on any atom is 0.105 e. The zero-order chi connectivity index (χ0) is 8.48. The van der Waals surface area contributed by atoms with E-state index in [1.165, 1.54) is 0 Å². The molecule has 1 saturated heterocycles. The Morgan fingerprint density at radius 1 is 1.36 bits per heavy atom. The first-order chi connectivity index (χ1) is 4.97. The van der Waals surface area contributed by atoms with Gasteiger partial charge in [0.25, 0.3) is 0 Å². The Labute approximate surface area is 69.0 Å². The molecule has 0 aromatic heterocycles. The molecule has 1 fully saturated rings. The van der Waals surface area contributed by atoms with Crippen molar-refractivity contribution in [1.82, 2.24) is 5.32 Å². The van der Waals surface area contributed by atoms with Crippen LogP contribution >= 0.6 is 0 Å². The summed E-state index contributed by atoms with van der Waals surface area (Å²) < 4.78 is 0. The fourth-order valence-corrected chi connectivity index (χ4v) is 1.70. The molecule has 0 spiro atoms. The second-order valence-corrected chi connectivity index (χ2v) is 4.72. The summed E-state index contributed by atoms with van der Waals surface area (Å²) in [7, 11) is 0. The predicted octanol–water partition coefficient (Wildman–Crippen LogP) is 1.49. The Morgan fingerprint density at radius 3 is 2.36 bits per heavy atom. The van der Waals surface area contributed by atoms with Crippen LogP contribution < -0.4 is 5.32 Å². The number of nitrogens with one attached hydrogen (secondary N) is 1. The van der Waals surface area contributed by atoms with E-state index in [1.807, 2.05) is 0 Å². The van der Waals surface area contributed by atoms with E-state index in [0.717, 1.165) is 19.3 Å². The molecule has 2 nitrogen and oxygen atoms in total. The molecule has 0 amide bonds. The number of rotatable bonds is 1. The average molecular weight is 157 g/mol. The molecule has 1 aliphatic rings. The van der Waals surface area contributed by atoms with E-state index in [9.17, 15) is 5.11 Å². The van der Waals surface area contributed by atoms with Gasteiger partial charge in [0.2, 0.25) is 0 Å². The largest absolute Gasteiger partial charge is 0.379 e. The molecular weight excluding hydrogens is 138 g/mol. The van der Waals surface area contributed by atoms with Gasteiger partial charge in [0, 0.05) is 6.04 Å². The molecule has 0 radical (unpaired) electrons. The summed E-state index contributed by atoms with van der Waals surface area (Å²) in [6.07, 6.45) is 2.95. The Morgan fingerprint density at radius 2 is 2.00 bits per heavy atom. The van der Waals surface area contributed by atoms with E-state index in [-0.39, 0.29) is 6.23 Å². The molecule has 2 heteroatoms. The predicted molar refractivity (Wildman–Crippen MR) is 46.2 cm³/mol. The minimum Gasteiger partial charge on any atom is -0.379 e. The molecule has 11 heavy (non-hydrogen) atoms. The van der Waals surface area contributed by atoms with Gasteiger partial charge in [-0.25, -0.2) is 0 Å². The van der Waals surface area contributed by atoms with Gasteiger partial charge in [-0.05, 0) is 24.7 Å². The highest BCUT2D eigenvalue weighted by atomic mass is 16.3. The lowest BCUT2D eigenvalue weighted by molar-refractivity contribution is 0.150. The molecular formula is C9H19NO. The third-order valence-corrected chi connectivity index (χ3v) is 2.08. The molecule has 0 aliphatic carbocycles. The van der Waals surface area contributed by atoms with E-state index in [0.29, 0.717) is 11.5 Å². The zero-order valence-electron chi connectivity index (χ0n) is 7.72. The summed E-state index contributed by atoms with van der Waals surface area (Å²) >= 11 is 0. The summed E-state index contributed by atoms with van der Waals surface area (Å²) in [6, 6.07) is 0.532. The van der Waals surface area contributed by atoms with Crippen molar-refractivity contribution < 1.29 is 5.11 Å². The van der Waals surface area contributed by atoms with Crippen LogP contribution in [0.25, 0.3) is 0 Å². The highest BCUT2D eigenvalue weighted by molar-refractivity contribution is 4.81. The van der Waals surface area contributed by atoms with Crippen LogP contribution in [0.15, 0.2) is 0 Å². The van der Waals surface area contributed by atoms with Crippen LogP contribution in [-0.4, -0.2) is 17.4 Å². The Hall–Kier alpha value is -0.0800. The summed E-state index contributed by atoms with van der Waals surface area (Å²) in [5.41, 5.74) is 0.377. The van der Waals surface area contributed by atoms with Crippen molar-refractivity contribution in [3.05, 3.63) is 0 Å². The minimum absolute atomic E-state index is 0.248. The molecule has 2 N–H and O–H groups in total. The van der Waals surface area contributed by atoms with Crippen molar-refractivity contribution in [3.8, 4) is 0 Å². The van der Waals surface area contributed by atoms with E-state index >= 15 is 0 Å². The third kappa shape index (κ3) is 3.21. The maximum atomic E-state index is 9.19. The summed E-state index contributed by atoms with van der Waals surface area (Å²) in [5, 5.41) is 12.4. The zero-order valence-corrected chi connectivity index (χ0v) is 7.72. The van der Waals surface area contributed by atoms with Gasteiger partial charge in [-0.3, -0.25) is 5.32 Å². The monoisotopic (exact) mass is 157 g/mol. The molecule has 0 bridgehead atoms. The van der Waals surface area contributed by atoms with Crippen LogP contribution in [0.2, 0.25) is 0 Å². The molecule has 1 rings (SSSR count). The van der Waals surface area contributed by atoms with Crippen LogP contribution in [0.3, 0.4) is 0 Å². The maximum absolute atomic E-state index is 9.19. The molecule has 0 aromatic rings. The lowest BCUT2D eigenvalue weighted by Gasteiger charge is -2.22. The van der Waals surface area contributed by atoms with Crippen molar-refractivity contribution in [1.29, 1.82) is 0 Å². The van der Waals surface area contributed by atoms with Crippen molar-refractivity contribution in [2.45, 2.75) is 52.3 Å². The van der Waals surface area contributed by atoms with E-state index in [2.05, 4.69) is 26.1 Å². The smallest absolute Gasteiger partial charge is 0.105 e. The normalized spacial score (nSPS) is 32.7. The van der Waals surface area contributed by atoms with E-state index < -0.39 is 0 Å². The highest BCUT2D eigenvalue weighted by Crippen LogP contribution is 2.25. The molecule has 0 aromatic carbocycles. The lowest BCUT2D eigenvalue weighted by Crippen LogP contribution is -2.31. The second-order valence-electron chi connectivity index (χ2n) is 4.72. The molecule has 0 saturated carbocycles.